The van der Waals surface area contributed by atoms with E-state index in [1.807, 2.05) is 13.8 Å². The van der Waals surface area contributed by atoms with Gasteiger partial charge in [-0.2, -0.15) is 41.4 Å². The first kappa shape index (κ1) is 50.7. The lowest BCUT2D eigenvalue weighted by molar-refractivity contribution is -0.142. The third-order valence-corrected chi connectivity index (χ3v) is 15.3. The summed E-state index contributed by atoms with van der Waals surface area (Å²) in [7, 11) is 4.53. The minimum Gasteiger partial charge on any atom is -0.496 e. The zero-order valence-electron chi connectivity index (χ0n) is 42.6. The summed E-state index contributed by atoms with van der Waals surface area (Å²) in [6, 6.07) is 5.81. The Hall–Kier alpha value is -7.47. The van der Waals surface area contributed by atoms with Crippen LogP contribution in [0.15, 0.2) is 53.1 Å². The van der Waals surface area contributed by atoms with Crippen molar-refractivity contribution in [2.75, 3.05) is 33.2 Å². The molecule has 1 unspecified atom stereocenters. The highest BCUT2D eigenvalue weighted by Gasteiger charge is 2.52. The van der Waals surface area contributed by atoms with Crippen molar-refractivity contribution < 1.29 is 40.6 Å². The SMILES string of the molecule is COc1cc(-n2nc(C(F)(F)F)cc2C)ccc1CNc1ncnc(-c2c(OC)nc(C3N=C(c4c(OC)ncnc4C4CC4)NC(=NCC45CCC(c6nc(C(F)(F)F)cn6C(C)C)(CC4)CC5)N3)nc2C2CC2)n1. The number of ether oxygens (including phenoxy) is 3. The van der Waals surface area contributed by atoms with E-state index in [1.165, 1.54) is 31.6 Å². The molecule has 1 aromatic carbocycles. The van der Waals surface area contributed by atoms with E-state index in [9.17, 15) is 26.3 Å². The summed E-state index contributed by atoms with van der Waals surface area (Å²) < 4.78 is 103. The third-order valence-electron chi connectivity index (χ3n) is 15.3. The molecule has 2 bridgehead atoms. The molecule has 0 saturated heterocycles. The van der Waals surface area contributed by atoms with Gasteiger partial charge in [0.1, 0.15) is 41.2 Å². The first-order valence-electron chi connectivity index (χ1n) is 25.3. The van der Waals surface area contributed by atoms with Gasteiger partial charge in [0, 0.05) is 59.9 Å². The number of aliphatic imine (C=N–C) groups is 2. The molecule has 3 N–H and O–H groups in total. The number of fused-ring (bicyclic) bond motifs is 3. The smallest absolute Gasteiger partial charge is 0.435 e. The number of amidine groups is 1. The number of aryl methyl sites for hydroxylation is 1. The van der Waals surface area contributed by atoms with Crippen LogP contribution in [0.3, 0.4) is 0 Å². The summed E-state index contributed by atoms with van der Waals surface area (Å²) in [5, 5.41) is 13.9. The Kier molecular flexibility index (Phi) is 12.9. The molecule has 0 amide bonds. The largest absolute Gasteiger partial charge is 0.496 e. The molecule has 6 aromatic rings. The second-order valence-corrected chi connectivity index (χ2v) is 20.6. The van der Waals surface area contributed by atoms with Crippen molar-refractivity contribution in [1.29, 1.82) is 0 Å². The summed E-state index contributed by atoms with van der Waals surface area (Å²) in [4.78, 5) is 47.6. The van der Waals surface area contributed by atoms with Gasteiger partial charge in [0.25, 0.3) is 0 Å². The van der Waals surface area contributed by atoms with Crippen molar-refractivity contribution in [3.8, 4) is 34.6 Å². The second-order valence-electron chi connectivity index (χ2n) is 20.6. The van der Waals surface area contributed by atoms with Crippen LogP contribution >= 0.6 is 0 Å². The number of nitrogens with one attached hydrogen (secondary N) is 3. The maximum absolute atomic E-state index is 14.0. The Labute approximate surface area is 432 Å². The average Bonchev–Trinajstić information content (AvgIpc) is 4.38. The summed E-state index contributed by atoms with van der Waals surface area (Å²) in [5.74, 6) is 3.38. The first-order valence-corrected chi connectivity index (χ1v) is 25.3. The fraction of sp³-hybridized carbons (Fsp3) is 0.510. The van der Waals surface area contributed by atoms with Crippen LogP contribution in [0, 0.1) is 12.3 Å². The maximum Gasteiger partial charge on any atom is 0.435 e. The van der Waals surface area contributed by atoms with Gasteiger partial charge in [-0.15, -0.1) is 0 Å². The van der Waals surface area contributed by atoms with E-state index in [1.54, 1.807) is 36.8 Å². The van der Waals surface area contributed by atoms with Gasteiger partial charge in [-0.05, 0) is 103 Å². The van der Waals surface area contributed by atoms with Crippen LogP contribution in [-0.2, 0) is 24.3 Å². The van der Waals surface area contributed by atoms with Crippen LogP contribution in [0.1, 0.15) is 153 Å². The predicted octanol–water partition coefficient (Wildman–Crippen LogP) is 9.11. The lowest BCUT2D eigenvalue weighted by atomic mass is 9.53. The van der Waals surface area contributed by atoms with E-state index in [0.29, 0.717) is 94.6 Å². The number of benzene rings is 1. The summed E-state index contributed by atoms with van der Waals surface area (Å²) in [6.07, 6.45) is 2.08. The molecule has 6 heterocycles. The second kappa shape index (κ2) is 19.3. The third kappa shape index (κ3) is 9.71. The lowest BCUT2D eigenvalue weighted by Crippen LogP contribution is -2.50. The van der Waals surface area contributed by atoms with E-state index in [0.717, 1.165) is 62.9 Å². The number of anilines is 1. The molecule has 1 atom stereocenters. The van der Waals surface area contributed by atoms with Crippen molar-refractivity contribution in [3.05, 3.63) is 94.4 Å². The lowest BCUT2D eigenvalue weighted by Gasteiger charge is -2.52. The molecule has 1 aliphatic heterocycles. The molecule has 400 valence electrons. The number of methoxy groups -OCH3 is 3. The van der Waals surface area contributed by atoms with Crippen molar-refractivity contribution in [3.63, 3.8) is 0 Å². The Morgan fingerprint density at radius 1 is 0.776 bits per heavy atom. The van der Waals surface area contributed by atoms with Crippen LogP contribution in [0.4, 0.5) is 32.3 Å². The van der Waals surface area contributed by atoms with Gasteiger partial charge >= 0.3 is 12.4 Å². The monoisotopic (exact) mass is 1050 g/mol. The number of halogens is 6. The van der Waals surface area contributed by atoms with Crippen molar-refractivity contribution in [1.82, 2.24) is 64.9 Å². The topological polar surface area (TPSA) is 214 Å². The van der Waals surface area contributed by atoms with E-state index in [-0.39, 0.29) is 47.5 Å². The standard InChI is InChI=1S/C51H56F6N16O3/c1-26(2)72-22-34(51(55,56)57)64-45(72)49-16-13-48(14-17-49,15-18-49)23-59-47-69-40(35-37(28-7-8-28)60-24-62-43(35)75-5)66-42(70-47)41-65-38(29-9-10-29)36(44(67-41)76-6)39-61-25-63-46(68-39)58-21-30-11-12-31(20-32(30)74-4)73-27(3)19-33(71-73)50(52,53)54/h11-12,19-20,22,24-26,28-29,42H,7-10,13-18,21,23H2,1-6H3,(H,58,61,63,68)(H2,59,66,69,70). The van der Waals surface area contributed by atoms with E-state index in [4.69, 9.17) is 44.1 Å². The van der Waals surface area contributed by atoms with E-state index < -0.39 is 35.3 Å². The summed E-state index contributed by atoms with van der Waals surface area (Å²) >= 11 is 0. The Morgan fingerprint density at radius 3 is 2.12 bits per heavy atom. The molecule has 5 aliphatic carbocycles. The van der Waals surface area contributed by atoms with E-state index >= 15 is 0 Å². The molecule has 5 saturated carbocycles. The highest BCUT2D eigenvalue weighted by Crippen LogP contribution is 2.58. The number of rotatable bonds is 16. The van der Waals surface area contributed by atoms with Gasteiger partial charge in [-0.25, -0.2) is 39.6 Å². The zero-order chi connectivity index (χ0) is 53.3. The van der Waals surface area contributed by atoms with Crippen LogP contribution < -0.4 is 30.2 Å². The number of nitrogens with zero attached hydrogens (tertiary/aromatic N) is 13. The molecule has 76 heavy (non-hydrogen) atoms. The molecule has 0 radical (unpaired) electrons. The molecule has 25 heteroatoms. The van der Waals surface area contributed by atoms with Gasteiger partial charge in [-0.3, -0.25) is 4.99 Å². The molecule has 5 aromatic heterocycles. The number of hydrogen-bond acceptors (Lipinski definition) is 15. The number of guanidine groups is 1. The minimum atomic E-state index is -4.59. The maximum atomic E-state index is 14.0. The highest BCUT2D eigenvalue weighted by molar-refractivity contribution is 6.12. The van der Waals surface area contributed by atoms with Crippen LogP contribution in [-0.4, -0.2) is 93.9 Å². The van der Waals surface area contributed by atoms with Gasteiger partial charge in [0.05, 0.1) is 38.4 Å². The minimum absolute atomic E-state index is 0.0390. The van der Waals surface area contributed by atoms with Crippen LogP contribution in [0.2, 0.25) is 0 Å². The average molecular weight is 1060 g/mol. The first-order chi connectivity index (χ1) is 36.4. The zero-order valence-corrected chi connectivity index (χ0v) is 42.6. The highest BCUT2D eigenvalue weighted by atomic mass is 19.4. The summed E-state index contributed by atoms with van der Waals surface area (Å²) in [6.45, 7) is 5.96. The molecule has 0 spiro atoms. The molecule has 5 fully saturated rings. The Bertz CT molecular complexity index is 3230. The molecular formula is C51H56F6N16O3. The quantitative estimate of drug-likeness (QED) is 0.0771. The van der Waals surface area contributed by atoms with Crippen molar-refractivity contribution in [2.24, 2.45) is 15.4 Å². The molecule has 6 aliphatic rings. The number of imidazole rings is 1. The summed E-state index contributed by atoms with van der Waals surface area (Å²) in [5.41, 5.74) is 1.49. The number of alkyl halides is 6. The van der Waals surface area contributed by atoms with Crippen molar-refractivity contribution >= 4 is 17.7 Å². The van der Waals surface area contributed by atoms with Gasteiger partial charge in [0.2, 0.25) is 17.7 Å². The normalized spacial score (nSPS) is 22.1. The fourth-order valence-electron chi connectivity index (χ4n) is 10.8. The van der Waals surface area contributed by atoms with Gasteiger partial charge in [0.15, 0.2) is 35.2 Å². The van der Waals surface area contributed by atoms with Crippen LogP contribution in [0.5, 0.6) is 17.5 Å². The molecule has 19 nitrogen and oxygen atoms in total. The van der Waals surface area contributed by atoms with Gasteiger partial charge < -0.3 is 34.7 Å². The van der Waals surface area contributed by atoms with Crippen LogP contribution in [0.25, 0.3) is 17.1 Å². The fourth-order valence-corrected chi connectivity index (χ4v) is 10.8. The molecule has 12 rings (SSSR count). The Morgan fingerprint density at radius 2 is 1.47 bits per heavy atom. The predicted molar refractivity (Wildman–Crippen MR) is 264 cm³/mol. The van der Waals surface area contributed by atoms with E-state index in [2.05, 4.69) is 41.0 Å². The number of aromatic nitrogens is 11. The van der Waals surface area contributed by atoms with Crippen molar-refractivity contribution in [2.45, 2.75) is 133 Å². The Balaban J connectivity index is 0.881. The van der Waals surface area contributed by atoms with Gasteiger partial charge in [-0.1, -0.05) is 6.07 Å². The molecular weight excluding hydrogens is 999 g/mol. The number of hydrogen-bond donors (Lipinski definition) is 3.